The largest absolute Gasteiger partial charge is 0.204 e. The molecule has 0 saturated carbocycles. The van der Waals surface area contributed by atoms with E-state index in [0.29, 0.717) is 5.56 Å². The summed E-state index contributed by atoms with van der Waals surface area (Å²) in [6.45, 7) is 3.18. The topological polar surface area (TPSA) is 0 Å². The lowest BCUT2D eigenvalue weighted by atomic mass is 9.99. The highest BCUT2D eigenvalue weighted by atomic mass is 19.2. The van der Waals surface area contributed by atoms with Crippen molar-refractivity contribution in [3.63, 3.8) is 0 Å². The van der Waals surface area contributed by atoms with Crippen molar-refractivity contribution in [2.45, 2.75) is 0 Å². The number of rotatable bonds is 4. The Morgan fingerprint density at radius 2 is 1.07 bits per heavy atom. The average molecular weight is 372 g/mol. The smallest absolute Gasteiger partial charge is 0.194 e. The van der Waals surface area contributed by atoms with Crippen LogP contribution < -0.4 is 0 Å². The van der Waals surface area contributed by atoms with Crippen LogP contribution in [0.4, 0.5) is 22.0 Å². The number of benzene rings is 3. The van der Waals surface area contributed by atoms with E-state index >= 15 is 0 Å². The molecule has 0 unspecified atom stereocenters. The minimum Gasteiger partial charge on any atom is -0.204 e. The molecule has 27 heavy (non-hydrogen) atoms. The Labute approximate surface area is 152 Å². The minimum atomic E-state index is -1.51. The molecule has 0 saturated heterocycles. The van der Waals surface area contributed by atoms with Gasteiger partial charge in [0.2, 0.25) is 0 Å². The van der Waals surface area contributed by atoms with Gasteiger partial charge in [-0.3, -0.25) is 0 Å². The van der Waals surface area contributed by atoms with E-state index in [0.717, 1.165) is 29.3 Å². The molecule has 3 aromatic carbocycles. The van der Waals surface area contributed by atoms with Crippen LogP contribution in [0.2, 0.25) is 0 Å². The third kappa shape index (κ3) is 3.82. The Kier molecular flexibility index (Phi) is 5.21. The van der Waals surface area contributed by atoms with Gasteiger partial charge >= 0.3 is 0 Å². The molecule has 136 valence electrons. The minimum absolute atomic E-state index is 0.0880. The second-order valence-electron chi connectivity index (χ2n) is 5.77. The summed E-state index contributed by atoms with van der Waals surface area (Å²) < 4.78 is 66.8. The van der Waals surface area contributed by atoms with Gasteiger partial charge in [0, 0.05) is 5.56 Å². The van der Waals surface area contributed by atoms with Crippen LogP contribution in [0.25, 0.3) is 28.1 Å². The maximum atomic E-state index is 13.7. The maximum Gasteiger partial charge on any atom is 0.194 e. The normalized spacial score (nSPS) is 11.9. The van der Waals surface area contributed by atoms with Gasteiger partial charge in [-0.2, -0.15) is 0 Å². The van der Waals surface area contributed by atoms with Crippen molar-refractivity contribution in [2.24, 2.45) is 0 Å². The zero-order chi connectivity index (χ0) is 19.6. The summed E-state index contributed by atoms with van der Waals surface area (Å²) in [6, 6.07) is 14.6. The van der Waals surface area contributed by atoms with Gasteiger partial charge in [0.05, 0.1) is 0 Å². The monoisotopic (exact) mass is 372 g/mol. The van der Waals surface area contributed by atoms with Crippen LogP contribution in [-0.2, 0) is 0 Å². The van der Waals surface area contributed by atoms with E-state index in [2.05, 4.69) is 6.58 Å². The Bertz CT molecular complexity index is 993. The summed E-state index contributed by atoms with van der Waals surface area (Å²) in [4.78, 5) is 0. The molecule has 0 atom stereocenters. The fourth-order valence-corrected chi connectivity index (χ4v) is 2.61. The first kappa shape index (κ1) is 18.6. The molecular formula is C22H13F5. The van der Waals surface area contributed by atoms with Gasteiger partial charge in [0.15, 0.2) is 29.1 Å². The van der Waals surface area contributed by atoms with Crippen LogP contribution in [0, 0.1) is 17.5 Å². The van der Waals surface area contributed by atoms with Crippen LogP contribution in [0.1, 0.15) is 5.56 Å². The van der Waals surface area contributed by atoms with E-state index in [-0.39, 0.29) is 11.1 Å². The highest BCUT2D eigenvalue weighted by molar-refractivity contribution is 5.72. The maximum absolute atomic E-state index is 13.7. The third-order valence-electron chi connectivity index (χ3n) is 4.06. The Morgan fingerprint density at radius 3 is 1.52 bits per heavy atom. The van der Waals surface area contributed by atoms with Crippen molar-refractivity contribution in [3.05, 3.63) is 102 Å². The second-order valence-corrected chi connectivity index (χ2v) is 5.77. The molecule has 0 spiro atoms. The molecule has 0 bridgehead atoms. The molecular weight excluding hydrogens is 359 g/mol. The van der Waals surface area contributed by atoms with Gasteiger partial charge < -0.3 is 0 Å². The Morgan fingerprint density at radius 1 is 0.667 bits per heavy atom. The molecule has 5 heteroatoms. The highest BCUT2D eigenvalue weighted by Crippen LogP contribution is 2.29. The summed E-state index contributed by atoms with van der Waals surface area (Å²) >= 11 is 0. The van der Waals surface area contributed by atoms with Crippen molar-refractivity contribution in [3.8, 4) is 22.3 Å². The van der Waals surface area contributed by atoms with Gasteiger partial charge in [-0.15, -0.1) is 0 Å². The van der Waals surface area contributed by atoms with E-state index in [9.17, 15) is 22.0 Å². The van der Waals surface area contributed by atoms with E-state index < -0.39 is 29.1 Å². The van der Waals surface area contributed by atoms with Crippen molar-refractivity contribution >= 4 is 5.83 Å². The summed E-state index contributed by atoms with van der Waals surface area (Å²) in [7, 11) is 0. The van der Waals surface area contributed by atoms with Crippen LogP contribution in [0.3, 0.4) is 0 Å². The van der Waals surface area contributed by atoms with Crippen molar-refractivity contribution in [2.75, 3.05) is 0 Å². The second kappa shape index (κ2) is 7.58. The molecule has 0 radical (unpaired) electrons. The van der Waals surface area contributed by atoms with E-state index in [4.69, 9.17) is 0 Å². The SMILES string of the molecule is C=C/C(F)=C(\F)c1ccc(-c2ccc(-c3cc(F)c(F)c(F)c3)cc2)cc1. The molecule has 0 aliphatic heterocycles. The Hall–Kier alpha value is -3.21. The molecule has 3 aromatic rings. The third-order valence-corrected chi connectivity index (χ3v) is 4.06. The van der Waals surface area contributed by atoms with Gasteiger partial charge in [-0.1, -0.05) is 55.1 Å². The standard InChI is InChI=1S/C22H13F5/c1-2-18(23)21(26)16-9-7-14(8-10-16)13-3-5-15(6-4-13)17-11-19(24)22(27)20(25)12-17/h2-12H,1H2/b21-18+. The van der Waals surface area contributed by atoms with Crippen LogP contribution in [0.5, 0.6) is 0 Å². The lowest BCUT2D eigenvalue weighted by Crippen LogP contribution is -1.91. The predicted octanol–water partition coefficient (Wildman–Crippen LogP) is 7.23. The number of hydrogen-bond acceptors (Lipinski definition) is 0. The van der Waals surface area contributed by atoms with Gasteiger partial charge in [-0.05, 0) is 40.5 Å². The average Bonchev–Trinajstić information content (AvgIpc) is 2.70. The zero-order valence-electron chi connectivity index (χ0n) is 13.9. The molecule has 0 aliphatic carbocycles. The molecule has 0 aromatic heterocycles. The number of hydrogen-bond donors (Lipinski definition) is 0. The van der Waals surface area contributed by atoms with Gasteiger partial charge in [-0.25, -0.2) is 22.0 Å². The van der Waals surface area contributed by atoms with Crippen molar-refractivity contribution in [1.82, 2.24) is 0 Å². The Balaban J connectivity index is 1.89. The van der Waals surface area contributed by atoms with Gasteiger partial charge in [0.25, 0.3) is 0 Å². The molecule has 3 rings (SSSR count). The molecule has 0 heterocycles. The summed E-state index contributed by atoms with van der Waals surface area (Å²) in [5.74, 6) is -6.05. The molecule has 0 fully saturated rings. The fourth-order valence-electron chi connectivity index (χ4n) is 2.61. The van der Waals surface area contributed by atoms with Crippen LogP contribution in [-0.4, -0.2) is 0 Å². The summed E-state index contributed by atoms with van der Waals surface area (Å²) in [5.41, 5.74) is 2.32. The van der Waals surface area contributed by atoms with E-state index in [1.165, 1.54) is 12.1 Å². The predicted molar refractivity (Wildman–Crippen MR) is 96.5 cm³/mol. The van der Waals surface area contributed by atoms with Crippen molar-refractivity contribution < 1.29 is 22.0 Å². The number of allylic oxidation sites excluding steroid dienone is 2. The first-order valence-electron chi connectivity index (χ1n) is 7.94. The quantitative estimate of drug-likeness (QED) is 0.257. The highest BCUT2D eigenvalue weighted by Gasteiger charge is 2.12. The molecule has 0 aliphatic rings. The molecule has 0 N–H and O–H groups in total. The lowest BCUT2D eigenvalue weighted by molar-refractivity contribution is 0.448. The number of halogens is 5. The van der Waals surface area contributed by atoms with Crippen molar-refractivity contribution in [1.29, 1.82) is 0 Å². The summed E-state index contributed by atoms with van der Waals surface area (Å²) in [5, 5.41) is 0. The lowest BCUT2D eigenvalue weighted by Gasteiger charge is -2.07. The van der Waals surface area contributed by atoms with Gasteiger partial charge in [0.1, 0.15) is 0 Å². The first-order valence-corrected chi connectivity index (χ1v) is 7.94. The molecule has 0 amide bonds. The first-order chi connectivity index (χ1) is 12.9. The zero-order valence-corrected chi connectivity index (χ0v) is 13.9. The van der Waals surface area contributed by atoms with Crippen LogP contribution in [0.15, 0.2) is 79.1 Å². The summed E-state index contributed by atoms with van der Waals surface area (Å²) in [6.07, 6.45) is 0.795. The molecule has 0 nitrogen and oxygen atoms in total. The van der Waals surface area contributed by atoms with Crippen LogP contribution >= 0.6 is 0 Å². The van der Waals surface area contributed by atoms with E-state index in [1.807, 2.05) is 0 Å². The fraction of sp³-hybridized carbons (Fsp3) is 0. The van der Waals surface area contributed by atoms with E-state index in [1.54, 1.807) is 36.4 Å².